The van der Waals surface area contributed by atoms with Crippen molar-refractivity contribution in [3.05, 3.63) is 53.5 Å². The summed E-state index contributed by atoms with van der Waals surface area (Å²) >= 11 is 1.81. The number of benzene rings is 1. The third-order valence-corrected chi connectivity index (χ3v) is 3.12. The van der Waals surface area contributed by atoms with E-state index in [1.54, 1.807) is 0 Å². The van der Waals surface area contributed by atoms with Crippen LogP contribution < -0.4 is 0 Å². The van der Waals surface area contributed by atoms with Gasteiger partial charge in [-0.05, 0) is 25.5 Å². The summed E-state index contributed by atoms with van der Waals surface area (Å²) in [6, 6.07) is 10.5. The Labute approximate surface area is 97.1 Å². The standard InChI is InChI=1S/C14H18S/c1-3-5-7-10-13(4-2)15-14-11-8-6-9-12-14/h4,6-12H,3,5H2,1-2H3/b10-7-,13-4+. The molecule has 0 unspecified atom stereocenters. The van der Waals surface area contributed by atoms with E-state index in [0.717, 1.165) is 6.42 Å². The first-order chi connectivity index (χ1) is 7.36. The first-order valence-electron chi connectivity index (χ1n) is 5.42. The van der Waals surface area contributed by atoms with E-state index in [1.165, 1.54) is 16.2 Å². The molecule has 0 aliphatic heterocycles. The van der Waals surface area contributed by atoms with Crippen molar-refractivity contribution in [2.24, 2.45) is 0 Å². The number of hydrogen-bond donors (Lipinski definition) is 0. The Morgan fingerprint density at radius 3 is 2.60 bits per heavy atom. The van der Waals surface area contributed by atoms with E-state index in [1.807, 2.05) is 17.8 Å². The molecule has 0 heterocycles. The molecule has 0 saturated carbocycles. The minimum absolute atomic E-state index is 1.16. The molecule has 0 N–H and O–H groups in total. The number of unbranched alkanes of at least 4 members (excludes halogenated alkanes) is 1. The van der Waals surface area contributed by atoms with Crippen LogP contribution >= 0.6 is 11.8 Å². The monoisotopic (exact) mass is 218 g/mol. The lowest BCUT2D eigenvalue weighted by Gasteiger charge is -2.01. The first kappa shape index (κ1) is 12.1. The second-order valence-electron chi connectivity index (χ2n) is 3.30. The molecule has 1 aromatic rings. The molecule has 0 fully saturated rings. The molecule has 1 rings (SSSR count). The predicted octanol–water partition coefficient (Wildman–Crippen LogP) is 5.04. The van der Waals surface area contributed by atoms with E-state index in [0.29, 0.717) is 0 Å². The average molecular weight is 218 g/mol. The fourth-order valence-electron chi connectivity index (χ4n) is 1.18. The van der Waals surface area contributed by atoms with Crippen LogP contribution in [0.3, 0.4) is 0 Å². The quantitative estimate of drug-likeness (QED) is 0.493. The molecule has 0 atom stereocenters. The summed E-state index contributed by atoms with van der Waals surface area (Å²) in [5, 5.41) is 0. The summed E-state index contributed by atoms with van der Waals surface area (Å²) < 4.78 is 0. The Hall–Kier alpha value is -0.950. The topological polar surface area (TPSA) is 0 Å². The largest absolute Gasteiger partial charge is 0.0905 e. The van der Waals surface area contributed by atoms with Crippen molar-refractivity contribution in [3.8, 4) is 0 Å². The molecule has 0 nitrogen and oxygen atoms in total. The van der Waals surface area contributed by atoms with Gasteiger partial charge >= 0.3 is 0 Å². The smallest absolute Gasteiger partial charge is 0.0122 e. The highest BCUT2D eigenvalue weighted by Gasteiger charge is 1.94. The highest BCUT2D eigenvalue weighted by molar-refractivity contribution is 8.03. The second-order valence-corrected chi connectivity index (χ2v) is 4.44. The van der Waals surface area contributed by atoms with Gasteiger partial charge in [-0.3, -0.25) is 0 Å². The Bertz CT molecular complexity index is 322. The number of hydrogen-bond acceptors (Lipinski definition) is 1. The van der Waals surface area contributed by atoms with Gasteiger partial charge in [-0.25, -0.2) is 0 Å². The highest BCUT2D eigenvalue weighted by atomic mass is 32.2. The van der Waals surface area contributed by atoms with Crippen LogP contribution in [0.5, 0.6) is 0 Å². The third kappa shape index (κ3) is 4.89. The van der Waals surface area contributed by atoms with E-state index in [4.69, 9.17) is 0 Å². The van der Waals surface area contributed by atoms with Crippen LogP contribution in [0.2, 0.25) is 0 Å². The summed E-state index contributed by atoms with van der Waals surface area (Å²) in [7, 11) is 0. The van der Waals surface area contributed by atoms with Crippen LogP contribution in [0.25, 0.3) is 0 Å². The third-order valence-electron chi connectivity index (χ3n) is 2.00. The zero-order valence-corrected chi connectivity index (χ0v) is 10.3. The van der Waals surface area contributed by atoms with Crippen LogP contribution in [0, 0.1) is 0 Å². The fourth-order valence-corrected chi connectivity index (χ4v) is 2.03. The Kier molecular flexibility index (Phi) is 5.94. The Morgan fingerprint density at radius 1 is 1.27 bits per heavy atom. The van der Waals surface area contributed by atoms with E-state index in [2.05, 4.69) is 56.3 Å². The number of allylic oxidation sites excluding steroid dienone is 3. The minimum Gasteiger partial charge on any atom is -0.0905 e. The molecule has 0 radical (unpaired) electrons. The van der Waals surface area contributed by atoms with E-state index >= 15 is 0 Å². The van der Waals surface area contributed by atoms with E-state index in [-0.39, 0.29) is 0 Å². The highest BCUT2D eigenvalue weighted by Crippen LogP contribution is 2.26. The lowest BCUT2D eigenvalue weighted by atomic mass is 10.3. The molecule has 1 aromatic carbocycles. The maximum Gasteiger partial charge on any atom is 0.0122 e. The molecule has 0 saturated heterocycles. The van der Waals surface area contributed by atoms with Crippen molar-refractivity contribution in [3.63, 3.8) is 0 Å². The SMILES string of the molecule is C/C=C(\C=C/CCC)Sc1ccccc1. The van der Waals surface area contributed by atoms with Crippen LogP contribution in [0.15, 0.2) is 58.4 Å². The van der Waals surface area contributed by atoms with Crippen molar-refractivity contribution >= 4 is 11.8 Å². The summed E-state index contributed by atoms with van der Waals surface area (Å²) in [5.74, 6) is 0. The summed E-state index contributed by atoms with van der Waals surface area (Å²) in [5.41, 5.74) is 0. The van der Waals surface area contributed by atoms with E-state index < -0.39 is 0 Å². The van der Waals surface area contributed by atoms with Crippen LogP contribution in [-0.2, 0) is 0 Å². The van der Waals surface area contributed by atoms with Crippen LogP contribution in [0.1, 0.15) is 26.7 Å². The van der Waals surface area contributed by atoms with Crippen LogP contribution in [0.4, 0.5) is 0 Å². The van der Waals surface area contributed by atoms with Crippen molar-refractivity contribution in [2.45, 2.75) is 31.6 Å². The lowest BCUT2D eigenvalue weighted by Crippen LogP contribution is -1.73. The molecule has 0 aliphatic carbocycles. The average Bonchev–Trinajstić information content (AvgIpc) is 2.29. The van der Waals surface area contributed by atoms with Gasteiger partial charge in [-0.2, -0.15) is 0 Å². The van der Waals surface area contributed by atoms with Gasteiger partial charge in [0, 0.05) is 9.80 Å². The predicted molar refractivity (Wildman–Crippen MR) is 70.1 cm³/mol. The van der Waals surface area contributed by atoms with Gasteiger partial charge in [-0.15, -0.1) is 0 Å². The molecule has 1 heteroatoms. The van der Waals surface area contributed by atoms with Gasteiger partial charge < -0.3 is 0 Å². The molecule has 0 aliphatic rings. The van der Waals surface area contributed by atoms with Crippen molar-refractivity contribution in [1.29, 1.82) is 0 Å². The molecule has 15 heavy (non-hydrogen) atoms. The lowest BCUT2D eigenvalue weighted by molar-refractivity contribution is 0.958. The molecule has 80 valence electrons. The number of rotatable bonds is 5. The van der Waals surface area contributed by atoms with Crippen LogP contribution in [-0.4, -0.2) is 0 Å². The summed E-state index contributed by atoms with van der Waals surface area (Å²) in [6.07, 6.45) is 8.98. The first-order valence-corrected chi connectivity index (χ1v) is 6.24. The van der Waals surface area contributed by atoms with E-state index in [9.17, 15) is 0 Å². The van der Waals surface area contributed by atoms with Gasteiger partial charge in [0.1, 0.15) is 0 Å². The zero-order chi connectivity index (χ0) is 10.9. The molecule has 0 aromatic heterocycles. The van der Waals surface area contributed by atoms with Gasteiger partial charge in [0.15, 0.2) is 0 Å². The zero-order valence-electron chi connectivity index (χ0n) is 9.44. The maximum atomic E-state index is 2.24. The summed E-state index contributed by atoms with van der Waals surface area (Å²) in [4.78, 5) is 2.61. The molecular formula is C14H18S. The Morgan fingerprint density at radius 2 is 2.00 bits per heavy atom. The van der Waals surface area contributed by atoms with Crippen molar-refractivity contribution < 1.29 is 0 Å². The van der Waals surface area contributed by atoms with Crippen molar-refractivity contribution in [1.82, 2.24) is 0 Å². The number of thioether (sulfide) groups is 1. The maximum absolute atomic E-state index is 2.24. The molecule has 0 amide bonds. The molecular weight excluding hydrogens is 200 g/mol. The normalized spacial score (nSPS) is 12.3. The minimum atomic E-state index is 1.16. The molecule has 0 spiro atoms. The second kappa shape index (κ2) is 7.36. The fraction of sp³-hybridized carbons (Fsp3) is 0.286. The Balaban J connectivity index is 2.55. The van der Waals surface area contributed by atoms with Gasteiger partial charge in [0.05, 0.1) is 0 Å². The van der Waals surface area contributed by atoms with Crippen molar-refractivity contribution in [2.75, 3.05) is 0 Å². The molecule has 0 bridgehead atoms. The van der Waals surface area contributed by atoms with Gasteiger partial charge in [0.2, 0.25) is 0 Å². The summed E-state index contributed by atoms with van der Waals surface area (Å²) in [6.45, 7) is 4.28. The van der Waals surface area contributed by atoms with Gasteiger partial charge in [-0.1, -0.05) is 61.5 Å². The van der Waals surface area contributed by atoms with Gasteiger partial charge in [0.25, 0.3) is 0 Å².